The first-order valence-electron chi connectivity index (χ1n) is 7.79. The van der Waals surface area contributed by atoms with E-state index in [9.17, 15) is 0 Å². The van der Waals surface area contributed by atoms with Crippen LogP contribution >= 0.6 is 0 Å². The summed E-state index contributed by atoms with van der Waals surface area (Å²) >= 11 is 0. The second kappa shape index (κ2) is 8.25. The number of nitrogens with zero attached hydrogens (tertiary/aromatic N) is 1. The molecule has 0 amide bonds. The summed E-state index contributed by atoms with van der Waals surface area (Å²) in [5.74, 6) is 1.58. The fourth-order valence-corrected chi connectivity index (χ4v) is 2.84. The van der Waals surface area contributed by atoms with Gasteiger partial charge >= 0.3 is 0 Å². The fourth-order valence-electron chi connectivity index (χ4n) is 2.84. The molecule has 0 aliphatic rings. The molecular formula is C17H30N2O2. The monoisotopic (exact) mass is 294 g/mol. The van der Waals surface area contributed by atoms with E-state index in [0.717, 1.165) is 31.0 Å². The van der Waals surface area contributed by atoms with Gasteiger partial charge in [0.1, 0.15) is 0 Å². The molecule has 1 aromatic carbocycles. The van der Waals surface area contributed by atoms with Crippen LogP contribution in [0.5, 0.6) is 11.5 Å². The normalized spacial score (nSPS) is 14.0. The number of nitrogens with two attached hydrogens (primary N) is 1. The SMILES string of the molecule is CCOc1ccc(CC(C)(CN)N(CC)CC)cc1OC. The number of ether oxygens (including phenoxy) is 2. The van der Waals surface area contributed by atoms with Gasteiger partial charge in [0.25, 0.3) is 0 Å². The van der Waals surface area contributed by atoms with E-state index in [4.69, 9.17) is 15.2 Å². The summed E-state index contributed by atoms with van der Waals surface area (Å²) in [4.78, 5) is 2.41. The van der Waals surface area contributed by atoms with E-state index in [-0.39, 0.29) is 5.54 Å². The van der Waals surface area contributed by atoms with Gasteiger partial charge in [-0.15, -0.1) is 0 Å². The Labute approximate surface area is 129 Å². The van der Waals surface area contributed by atoms with Crippen molar-refractivity contribution in [2.24, 2.45) is 5.73 Å². The minimum atomic E-state index is -0.0400. The maximum absolute atomic E-state index is 6.06. The third-order valence-electron chi connectivity index (χ3n) is 4.08. The molecule has 0 radical (unpaired) electrons. The van der Waals surface area contributed by atoms with Gasteiger partial charge in [-0.2, -0.15) is 0 Å². The van der Waals surface area contributed by atoms with Gasteiger partial charge in [-0.3, -0.25) is 4.90 Å². The van der Waals surface area contributed by atoms with Gasteiger partial charge in [0.15, 0.2) is 11.5 Å². The highest BCUT2D eigenvalue weighted by atomic mass is 16.5. The summed E-state index contributed by atoms with van der Waals surface area (Å²) in [7, 11) is 1.67. The van der Waals surface area contributed by atoms with Gasteiger partial charge in [0, 0.05) is 12.1 Å². The molecule has 0 aromatic heterocycles. The van der Waals surface area contributed by atoms with Crippen molar-refractivity contribution in [1.82, 2.24) is 4.90 Å². The van der Waals surface area contributed by atoms with Gasteiger partial charge in [-0.05, 0) is 51.1 Å². The van der Waals surface area contributed by atoms with Crippen molar-refractivity contribution < 1.29 is 9.47 Å². The molecule has 120 valence electrons. The first-order valence-corrected chi connectivity index (χ1v) is 7.79. The van der Waals surface area contributed by atoms with Crippen molar-refractivity contribution in [2.75, 3.05) is 33.4 Å². The predicted octanol–water partition coefficient (Wildman–Crippen LogP) is 2.70. The van der Waals surface area contributed by atoms with E-state index in [1.54, 1.807) is 7.11 Å². The number of likely N-dealkylation sites (N-methyl/N-ethyl adjacent to an activating group) is 1. The Kier molecular flexibility index (Phi) is 6.99. The zero-order valence-electron chi connectivity index (χ0n) is 14.1. The molecule has 21 heavy (non-hydrogen) atoms. The molecule has 0 saturated heterocycles. The van der Waals surface area contributed by atoms with E-state index in [2.05, 4.69) is 37.8 Å². The quantitative estimate of drug-likeness (QED) is 0.761. The van der Waals surface area contributed by atoms with Gasteiger partial charge in [0.2, 0.25) is 0 Å². The smallest absolute Gasteiger partial charge is 0.161 e. The topological polar surface area (TPSA) is 47.7 Å². The highest BCUT2D eigenvalue weighted by Gasteiger charge is 2.29. The van der Waals surface area contributed by atoms with Gasteiger partial charge < -0.3 is 15.2 Å². The predicted molar refractivity (Wildman–Crippen MR) is 88.2 cm³/mol. The minimum absolute atomic E-state index is 0.0400. The van der Waals surface area contributed by atoms with Gasteiger partial charge in [-0.1, -0.05) is 19.9 Å². The lowest BCUT2D eigenvalue weighted by molar-refractivity contribution is 0.124. The Hall–Kier alpha value is -1.26. The molecule has 0 aliphatic heterocycles. The lowest BCUT2D eigenvalue weighted by Gasteiger charge is -2.40. The molecule has 0 aliphatic carbocycles. The molecule has 4 nitrogen and oxygen atoms in total. The number of rotatable bonds is 9. The summed E-state index contributed by atoms with van der Waals surface area (Å²) in [6.07, 6.45) is 0.897. The van der Waals surface area contributed by atoms with Crippen LogP contribution in [0.25, 0.3) is 0 Å². The number of hydrogen-bond donors (Lipinski definition) is 1. The molecule has 1 atom stereocenters. The Morgan fingerprint density at radius 2 is 1.81 bits per heavy atom. The largest absolute Gasteiger partial charge is 0.493 e. The summed E-state index contributed by atoms with van der Waals surface area (Å²) in [6, 6.07) is 6.14. The van der Waals surface area contributed by atoms with Crippen molar-refractivity contribution >= 4 is 0 Å². The maximum atomic E-state index is 6.06. The van der Waals surface area contributed by atoms with Gasteiger partial charge in [-0.25, -0.2) is 0 Å². The van der Waals surface area contributed by atoms with Crippen LogP contribution in [0.1, 0.15) is 33.3 Å². The van der Waals surface area contributed by atoms with Crippen molar-refractivity contribution in [3.05, 3.63) is 23.8 Å². The van der Waals surface area contributed by atoms with E-state index < -0.39 is 0 Å². The average molecular weight is 294 g/mol. The average Bonchev–Trinajstić information content (AvgIpc) is 2.50. The molecule has 2 N–H and O–H groups in total. The molecular weight excluding hydrogens is 264 g/mol. The first kappa shape index (κ1) is 17.8. The maximum Gasteiger partial charge on any atom is 0.161 e. The lowest BCUT2D eigenvalue weighted by Crippen LogP contribution is -2.53. The van der Waals surface area contributed by atoms with Crippen LogP contribution in [0.3, 0.4) is 0 Å². The van der Waals surface area contributed by atoms with Crippen LogP contribution in [0.2, 0.25) is 0 Å². The number of methoxy groups -OCH3 is 1. The van der Waals surface area contributed by atoms with Gasteiger partial charge in [0.05, 0.1) is 13.7 Å². The molecule has 0 heterocycles. The van der Waals surface area contributed by atoms with Crippen molar-refractivity contribution in [3.8, 4) is 11.5 Å². The third kappa shape index (κ3) is 4.35. The zero-order valence-corrected chi connectivity index (χ0v) is 14.1. The lowest BCUT2D eigenvalue weighted by atomic mass is 9.90. The summed E-state index contributed by atoms with van der Waals surface area (Å²) < 4.78 is 11.0. The van der Waals surface area contributed by atoms with Crippen molar-refractivity contribution in [3.63, 3.8) is 0 Å². The molecule has 0 saturated carbocycles. The second-order valence-corrected chi connectivity index (χ2v) is 5.47. The van der Waals surface area contributed by atoms with Crippen molar-refractivity contribution in [2.45, 2.75) is 39.7 Å². The second-order valence-electron chi connectivity index (χ2n) is 5.47. The zero-order chi connectivity index (χ0) is 15.9. The third-order valence-corrected chi connectivity index (χ3v) is 4.08. The Bertz CT molecular complexity index is 433. The standard InChI is InChI=1S/C17H30N2O2/c1-6-19(7-2)17(4,13-18)12-14-9-10-15(21-8-3)16(11-14)20-5/h9-11H,6-8,12-13,18H2,1-5H3. The summed E-state index contributed by atoms with van der Waals surface area (Å²) in [6.45, 7) is 11.8. The minimum Gasteiger partial charge on any atom is -0.493 e. The molecule has 1 unspecified atom stereocenters. The van der Waals surface area contributed by atoms with Crippen LogP contribution in [0.15, 0.2) is 18.2 Å². The van der Waals surface area contributed by atoms with Crippen LogP contribution < -0.4 is 15.2 Å². The van der Waals surface area contributed by atoms with Crippen LogP contribution in [-0.4, -0.2) is 43.8 Å². The number of benzene rings is 1. The Morgan fingerprint density at radius 3 is 2.29 bits per heavy atom. The van der Waals surface area contributed by atoms with E-state index in [1.165, 1.54) is 5.56 Å². The molecule has 0 bridgehead atoms. The molecule has 0 spiro atoms. The molecule has 4 heteroatoms. The highest BCUT2D eigenvalue weighted by molar-refractivity contribution is 5.43. The van der Waals surface area contributed by atoms with E-state index >= 15 is 0 Å². The number of hydrogen-bond acceptors (Lipinski definition) is 4. The fraction of sp³-hybridized carbons (Fsp3) is 0.647. The van der Waals surface area contributed by atoms with Crippen molar-refractivity contribution in [1.29, 1.82) is 0 Å². The van der Waals surface area contributed by atoms with Crippen LogP contribution in [0, 0.1) is 0 Å². The van der Waals surface area contributed by atoms with E-state index in [1.807, 2.05) is 13.0 Å². The summed E-state index contributed by atoms with van der Waals surface area (Å²) in [5.41, 5.74) is 7.24. The molecule has 1 rings (SSSR count). The Morgan fingerprint density at radius 1 is 1.14 bits per heavy atom. The van der Waals surface area contributed by atoms with E-state index in [0.29, 0.717) is 13.2 Å². The first-order chi connectivity index (χ1) is 10.0. The highest BCUT2D eigenvalue weighted by Crippen LogP contribution is 2.30. The molecule has 0 fully saturated rings. The van der Waals surface area contributed by atoms with Crippen LogP contribution in [0.4, 0.5) is 0 Å². The summed E-state index contributed by atoms with van der Waals surface area (Å²) in [5, 5.41) is 0. The molecule has 1 aromatic rings. The van der Waals surface area contributed by atoms with Crippen LogP contribution in [-0.2, 0) is 6.42 Å². The Balaban J connectivity index is 3.00.